The Hall–Kier alpha value is -16.4. The van der Waals surface area contributed by atoms with Crippen molar-refractivity contribution in [3.63, 3.8) is 0 Å². The second kappa shape index (κ2) is 28.8. The molecule has 4 heteroatoms. The van der Waals surface area contributed by atoms with Gasteiger partial charge in [0.15, 0.2) is 0 Å². The van der Waals surface area contributed by atoms with Gasteiger partial charge in [0.05, 0.1) is 27.9 Å². The maximum absolute atomic E-state index is 6.70. The van der Waals surface area contributed by atoms with E-state index in [1.807, 2.05) is 6.07 Å². The highest BCUT2D eigenvalue weighted by molar-refractivity contribution is 6.07. The number of hydrogen-bond acceptors (Lipinski definition) is 4. The lowest BCUT2D eigenvalue weighted by Crippen LogP contribution is -2.29. The Balaban J connectivity index is 0.000000136. The van der Waals surface area contributed by atoms with E-state index in [9.17, 15) is 0 Å². The van der Waals surface area contributed by atoms with Gasteiger partial charge in [0.1, 0.15) is 23.0 Å². The summed E-state index contributed by atoms with van der Waals surface area (Å²) in [5, 5.41) is 0. The molecule has 2 heterocycles. The lowest BCUT2D eigenvalue weighted by atomic mass is 9.66. The first-order chi connectivity index (χ1) is 63.8. The molecular formula is C125H82N2O2. The molecular weight excluding hydrogens is 1560 g/mol. The van der Waals surface area contributed by atoms with Gasteiger partial charge in [-0.05, 0) is 229 Å². The molecule has 7 aliphatic rings. The molecule has 0 amide bonds. The summed E-state index contributed by atoms with van der Waals surface area (Å²) in [6.45, 7) is 4.75. The van der Waals surface area contributed by atoms with Gasteiger partial charge >= 0.3 is 0 Å². The number of nitrogens with zero attached hydrogens (tertiary/aromatic N) is 2. The molecule has 27 rings (SSSR count). The van der Waals surface area contributed by atoms with Crippen molar-refractivity contribution >= 4 is 34.1 Å². The van der Waals surface area contributed by atoms with Gasteiger partial charge in [-0.3, -0.25) is 0 Å². The van der Waals surface area contributed by atoms with Crippen LogP contribution < -0.4 is 19.3 Å². The molecule has 20 aromatic rings. The highest BCUT2D eigenvalue weighted by Gasteiger charge is 2.53. The van der Waals surface area contributed by atoms with Gasteiger partial charge in [0.25, 0.3) is 0 Å². The third-order valence-electron chi connectivity index (χ3n) is 28.6. The van der Waals surface area contributed by atoms with E-state index in [-0.39, 0.29) is 5.41 Å². The Kier molecular flexibility index (Phi) is 16.6. The second-order valence-corrected chi connectivity index (χ2v) is 35.4. The summed E-state index contributed by atoms with van der Waals surface area (Å²) < 4.78 is 13.4. The number of anilines is 6. The molecule has 4 nitrogen and oxygen atoms in total. The van der Waals surface area contributed by atoms with Crippen LogP contribution >= 0.6 is 0 Å². The normalized spacial score (nSPS) is 13.7. The van der Waals surface area contributed by atoms with Crippen molar-refractivity contribution in [1.82, 2.24) is 0 Å². The Labute approximate surface area is 751 Å². The predicted molar refractivity (Wildman–Crippen MR) is 531 cm³/mol. The number of fused-ring (bicyclic) bond motifs is 37. The maximum atomic E-state index is 6.70. The highest BCUT2D eigenvalue weighted by Crippen LogP contribution is 2.68. The van der Waals surface area contributed by atoms with Crippen molar-refractivity contribution < 1.29 is 9.47 Å². The molecule has 20 aromatic carbocycles. The minimum Gasteiger partial charge on any atom is -0.456 e. The molecule has 604 valence electrons. The number of para-hydroxylation sites is 5. The fourth-order valence-electron chi connectivity index (χ4n) is 23.3. The fraction of sp³-hybridized carbons (Fsp3) is 0.0400. The predicted octanol–water partition coefficient (Wildman–Crippen LogP) is 33.2. The summed E-state index contributed by atoms with van der Waals surface area (Å²) in [5.41, 5.74) is 47.1. The Morgan fingerprint density at radius 1 is 0.163 bits per heavy atom. The Morgan fingerprint density at radius 2 is 0.419 bits per heavy atom. The summed E-state index contributed by atoms with van der Waals surface area (Å²) in [4.78, 5) is 5.05. The zero-order valence-electron chi connectivity index (χ0n) is 71.1. The summed E-state index contributed by atoms with van der Waals surface area (Å²) in [7, 11) is 0. The van der Waals surface area contributed by atoms with Crippen molar-refractivity contribution in [1.29, 1.82) is 0 Å². The van der Waals surface area contributed by atoms with Crippen molar-refractivity contribution in [2.24, 2.45) is 0 Å². The van der Waals surface area contributed by atoms with Gasteiger partial charge in [-0.2, -0.15) is 0 Å². The van der Waals surface area contributed by atoms with Crippen molar-refractivity contribution in [2.45, 2.75) is 30.1 Å². The number of ether oxygens (including phenoxy) is 2. The maximum Gasteiger partial charge on any atom is 0.135 e. The topological polar surface area (TPSA) is 24.9 Å². The minimum absolute atomic E-state index is 0.181. The summed E-state index contributed by atoms with van der Waals surface area (Å²) >= 11 is 0. The van der Waals surface area contributed by atoms with Crippen molar-refractivity contribution in [3.8, 4) is 157 Å². The van der Waals surface area contributed by atoms with Gasteiger partial charge in [-0.1, -0.05) is 396 Å². The lowest BCUT2D eigenvalue weighted by Gasteiger charge is -2.36. The second-order valence-electron chi connectivity index (χ2n) is 35.4. The minimum atomic E-state index is -0.605. The monoisotopic (exact) mass is 1640 g/mol. The molecule has 0 fully saturated rings. The van der Waals surface area contributed by atoms with Crippen LogP contribution in [-0.2, 0) is 16.2 Å². The summed E-state index contributed by atoms with van der Waals surface area (Å²) in [6.07, 6.45) is 0. The van der Waals surface area contributed by atoms with Gasteiger partial charge in [0, 0.05) is 61.4 Å². The van der Waals surface area contributed by atoms with Gasteiger partial charge in [-0.25, -0.2) is 0 Å². The quantitative estimate of drug-likeness (QED) is 0.159. The molecule has 0 unspecified atom stereocenters. The van der Waals surface area contributed by atoms with Crippen LogP contribution in [0.15, 0.2) is 461 Å². The van der Waals surface area contributed by atoms with Crippen molar-refractivity contribution in [2.75, 3.05) is 9.80 Å². The molecule has 0 bridgehead atoms. The molecule has 0 radical (unpaired) electrons. The smallest absolute Gasteiger partial charge is 0.135 e. The Bertz CT molecular complexity index is 7950. The molecule has 0 saturated carbocycles. The first-order valence-electron chi connectivity index (χ1n) is 44.9. The molecule has 2 spiro atoms. The number of hydrogen-bond donors (Lipinski definition) is 0. The molecule has 0 atom stereocenters. The number of rotatable bonds is 7. The lowest BCUT2D eigenvalue weighted by molar-refractivity contribution is 0.487. The molecule has 2 aliphatic heterocycles. The van der Waals surface area contributed by atoms with Gasteiger partial charge in [-0.15, -0.1) is 0 Å². The van der Waals surface area contributed by atoms with Gasteiger partial charge in [0.2, 0.25) is 0 Å². The average molecular weight is 1640 g/mol. The molecule has 5 aliphatic carbocycles. The highest BCUT2D eigenvalue weighted by atomic mass is 16.5. The van der Waals surface area contributed by atoms with Crippen LogP contribution in [0, 0.1) is 0 Å². The van der Waals surface area contributed by atoms with Crippen molar-refractivity contribution in [3.05, 3.63) is 517 Å². The van der Waals surface area contributed by atoms with E-state index < -0.39 is 10.8 Å². The molecule has 129 heavy (non-hydrogen) atoms. The SMILES string of the molecule is CC1(C)c2ccccc2-c2ccc(N(c3ccc4c(c3)-c3ccccc3Oc3ccccc3-4)c3cccc4c3-c3ccccc3C43c4ccccc4-c4ccccc4-c4ccccc43)cc21.c1ccc(-c2ccccc2N(c2ccc3c(c2)-c2ccccc2Oc2ccccc2-3)c2cccc3c2-c2ccccc2C32c3ccccc3-c3ccccc3-c3ccccc32)cc1. The standard InChI is InChI=1S/C64H43NO.C61H39NO/c1-63(2)53-26-11-5-22-47(53)48-37-35-41(39-58(48)63)65(40-34-36-44-49-23-9-15-32-60(49)66-61-33-16-10-24-50(61)52(44)38-40)59-31-17-30-57-62(59)51-25-8-14-29-56(51)64(57)54-27-12-6-20-45(54)42-18-3-4-19-43(42)46-21-7-13-28-55(46)64;1-2-19-40(20-3-1)42-21-9-15-33-56(42)62(41-37-38-45-48-26-10-16-35-58(48)63-59-36-17-11-27-49(59)51(45)39-41)57-34-18-32-55-60(57)50-28-8-14-31-54(50)61(55)52-29-12-6-24-46(52)43-22-4-5-23-44(43)47-25-7-13-30-53(47)61/h3-39H,1-2H3;1-39H. The average Bonchev–Trinajstić information content (AvgIpc) is 1.52. The number of benzene rings is 20. The Morgan fingerprint density at radius 3 is 0.829 bits per heavy atom. The third-order valence-corrected chi connectivity index (χ3v) is 28.6. The molecule has 0 saturated heterocycles. The van der Waals surface area contributed by atoms with Crippen LogP contribution in [0.3, 0.4) is 0 Å². The summed E-state index contributed by atoms with van der Waals surface area (Å²) in [6, 6.07) is 170. The van der Waals surface area contributed by atoms with E-state index in [0.29, 0.717) is 0 Å². The van der Waals surface area contributed by atoms with Crippen LogP contribution in [0.5, 0.6) is 23.0 Å². The van der Waals surface area contributed by atoms with Crippen LogP contribution in [0.2, 0.25) is 0 Å². The van der Waals surface area contributed by atoms with E-state index in [4.69, 9.17) is 9.47 Å². The zero-order chi connectivity index (χ0) is 85.2. The third kappa shape index (κ3) is 10.8. The summed E-state index contributed by atoms with van der Waals surface area (Å²) in [5.74, 6) is 3.42. The first-order valence-corrected chi connectivity index (χ1v) is 44.9. The van der Waals surface area contributed by atoms with E-state index in [2.05, 4.69) is 479 Å². The van der Waals surface area contributed by atoms with E-state index >= 15 is 0 Å². The van der Waals surface area contributed by atoms with E-state index in [0.717, 1.165) is 113 Å². The van der Waals surface area contributed by atoms with Gasteiger partial charge < -0.3 is 19.3 Å². The largest absolute Gasteiger partial charge is 0.456 e. The fourth-order valence-corrected chi connectivity index (χ4v) is 23.3. The van der Waals surface area contributed by atoms with Crippen LogP contribution in [0.1, 0.15) is 69.5 Å². The van der Waals surface area contributed by atoms with E-state index in [1.54, 1.807) is 0 Å². The molecule has 0 aromatic heterocycles. The van der Waals surface area contributed by atoms with Crippen LogP contribution in [0.25, 0.3) is 134 Å². The van der Waals surface area contributed by atoms with Crippen LogP contribution in [0.4, 0.5) is 34.1 Å². The van der Waals surface area contributed by atoms with E-state index in [1.165, 1.54) is 134 Å². The molecule has 0 N–H and O–H groups in total. The van der Waals surface area contributed by atoms with Crippen LogP contribution in [-0.4, -0.2) is 0 Å². The first kappa shape index (κ1) is 74.1. The zero-order valence-corrected chi connectivity index (χ0v) is 71.1.